The highest BCUT2D eigenvalue weighted by atomic mass is 16.3. The van der Waals surface area contributed by atoms with Gasteiger partial charge in [0.05, 0.1) is 29.5 Å². The Bertz CT molecular complexity index is 781. The molecule has 0 aromatic heterocycles. The van der Waals surface area contributed by atoms with Crippen LogP contribution in [0.3, 0.4) is 0 Å². The van der Waals surface area contributed by atoms with Gasteiger partial charge in [-0.2, -0.15) is 0 Å². The standard InChI is InChI=1S/C17H15N3O2/c21-11-7-5-10(6-8-11)16-15-14(9-18-17(15)22)19-12-3-1-2-4-13(12)20-16/h1-8,16,19-21H,9H2,(H,18,22)/t16-/m0/s1. The summed E-state index contributed by atoms with van der Waals surface area (Å²) in [6, 6.07) is 14.5. The van der Waals surface area contributed by atoms with E-state index in [1.165, 1.54) is 0 Å². The molecule has 0 fully saturated rings. The van der Waals surface area contributed by atoms with E-state index in [4.69, 9.17) is 0 Å². The average Bonchev–Trinajstić information content (AvgIpc) is 2.79. The molecule has 0 bridgehead atoms. The molecule has 5 nitrogen and oxygen atoms in total. The second kappa shape index (κ2) is 4.80. The summed E-state index contributed by atoms with van der Waals surface area (Å²) in [5, 5.41) is 19.1. The molecule has 22 heavy (non-hydrogen) atoms. The average molecular weight is 293 g/mol. The minimum absolute atomic E-state index is 0.0686. The van der Waals surface area contributed by atoms with E-state index >= 15 is 0 Å². The second-order valence-corrected chi connectivity index (χ2v) is 5.41. The molecular formula is C17H15N3O2. The first-order valence-electron chi connectivity index (χ1n) is 7.15. The number of hydrogen-bond acceptors (Lipinski definition) is 4. The summed E-state index contributed by atoms with van der Waals surface area (Å²) in [5.74, 6) is 0.141. The second-order valence-electron chi connectivity index (χ2n) is 5.41. The lowest BCUT2D eigenvalue weighted by Gasteiger charge is -2.20. The molecule has 2 aromatic carbocycles. The number of carbonyl (C=O) groups is 1. The van der Waals surface area contributed by atoms with Crippen molar-refractivity contribution in [3.05, 3.63) is 65.4 Å². The lowest BCUT2D eigenvalue weighted by molar-refractivity contribution is -0.116. The molecule has 2 heterocycles. The van der Waals surface area contributed by atoms with Crippen molar-refractivity contribution >= 4 is 17.3 Å². The number of amides is 1. The number of rotatable bonds is 1. The molecule has 110 valence electrons. The summed E-state index contributed by atoms with van der Waals surface area (Å²) in [4.78, 5) is 12.3. The van der Waals surface area contributed by atoms with Crippen LogP contribution in [0.1, 0.15) is 11.6 Å². The predicted molar refractivity (Wildman–Crippen MR) is 84.6 cm³/mol. The smallest absolute Gasteiger partial charge is 0.251 e. The van der Waals surface area contributed by atoms with E-state index in [2.05, 4.69) is 16.0 Å². The number of aromatic hydroxyl groups is 1. The highest BCUT2D eigenvalue weighted by Crippen LogP contribution is 2.38. The van der Waals surface area contributed by atoms with Crippen molar-refractivity contribution in [2.45, 2.75) is 6.04 Å². The first-order valence-corrected chi connectivity index (χ1v) is 7.15. The van der Waals surface area contributed by atoms with Gasteiger partial charge in [-0.3, -0.25) is 4.79 Å². The van der Waals surface area contributed by atoms with Gasteiger partial charge in [-0.1, -0.05) is 24.3 Å². The highest BCUT2D eigenvalue weighted by molar-refractivity contribution is 6.00. The number of anilines is 2. The lowest BCUT2D eigenvalue weighted by atomic mass is 9.97. The van der Waals surface area contributed by atoms with E-state index < -0.39 is 0 Å². The van der Waals surface area contributed by atoms with E-state index in [1.54, 1.807) is 12.1 Å². The van der Waals surface area contributed by atoms with Crippen molar-refractivity contribution in [3.63, 3.8) is 0 Å². The third kappa shape index (κ3) is 1.98. The number of hydrogen-bond donors (Lipinski definition) is 4. The van der Waals surface area contributed by atoms with Crippen LogP contribution in [0.2, 0.25) is 0 Å². The summed E-state index contributed by atoms with van der Waals surface area (Å²) < 4.78 is 0. The number of phenols is 1. The van der Waals surface area contributed by atoms with Gasteiger partial charge in [0.15, 0.2) is 0 Å². The molecule has 0 radical (unpaired) electrons. The Balaban J connectivity index is 1.85. The minimum Gasteiger partial charge on any atom is -0.508 e. The molecule has 0 spiro atoms. The van der Waals surface area contributed by atoms with Gasteiger partial charge < -0.3 is 21.1 Å². The van der Waals surface area contributed by atoms with Crippen molar-refractivity contribution < 1.29 is 9.90 Å². The maximum absolute atomic E-state index is 12.3. The van der Waals surface area contributed by atoms with Gasteiger partial charge >= 0.3 is 0 Å². The Morgan fingerprint density at radius 3 is 2.50 bits per heavy atom. The summed E-state index contributed by atoms with van der Waals surface area (Å²) in [6.45, 7) is 0.499. The molecule has 4 rings (SSSR count). The zero-order chi connectivity index (χ0) is 15.1. The SMILES string of the molecule is O=C1NCC2=C1[C@H](c1ccc(O)cc1)Nc1ccccc1N2. The van der Waals surface area contributed by atoms with Crippen molar-refractivity contribution in [1.82, 2.24) is 5.32 Å². The molecule has 5 heteroatoms. The fourth-order valence-electron chi connectivity index (χ4n) is 2.94. The predicted octanol–water partition coefficient (Wildman–Crippen LogP) is 2.35. The third-order valence-electron chi connectivity index (χ3n) is 4.02. The van der Waals surface area contributed by atoms with E-state index in [0.29, 0.717) is 12.1 Å². The lowest BCUT2D eigenvalue weighted by Crippen LogP contribution is -2.23. The van der Waals surface area contributed by atoms with Crippen LogP contribution in [0, 0.1) is 0 Å². The summed E-state index contributed by atoms with van der Waals surface area (Å²) >= 11 is 0. The molecule has 0 aliphatic carbocycles. The molecule has 1 atom stereocenters. The zero-order valence-electron chi connectivity index (χ0n) is 11.8. The number of benzene rings is 2. The maximum Gasteiger partial charge on any atom is 0.251 e. The van der Waals surface area contributed by atoms with Crippen LogP contribution in [-0.4, -0.2) is 17.6 Å². The van der Waals surface area contributed by atoms with Crippen LogP contribution in [0.4, 0.5) is 11.4 Å². The molecule has 0 saturated carbocycles. The van der Waals surface area contributed by atoms with Gasteiger partial charge in [-0.15, -0.1) is 0 Å². The molecule has 0 unspecified atom stereocenters. The van der Waals surface area contributed by atoms with E-state index in [-0.39, 0.29) is 17.7 Å². The van der Waals surface area contributed by atoms with Crippen LogP contribution in [0.25, 0.3) is 0 Å². The molecule has 2 aliphatic rings. The quantitative estimate of drug-likeness (QED) is 0.651. The number of fused-ring (bicyclic) bond motifs is 1. The first kappa shape index (κ1) is 12.8. The summed E-state index contributed by atoms with van der Waals surface area (Å²) in [5.41, 5.74) is 4.42. The van der Waals surface area contributed by atoms with E-state index in [1.807, 2.05) is 36.4 Å². The van der Waals surface area contributed by atoms with E-state index in [9.17, 15) is 9.90 Å². The Labute approximate surface area is 127 Å². The van der Waals surface area contributed by atoms with Gasteiger partial charge in [-0.05, 0) is 29.8 Å². The molecule has 2 aromatic rings. The monoisotopic (exact) mass is 293 g/mol. The fraction of sp³-hybridized carbons (Fsp3) is 0.118. The third-order valence-corrected chi connectivity index (χ3v) is 4.02. The highest BCUT2D eigenvalue weighted by Gasteiger charge is 2.33. The van der Waals surface area contributed by atoms with Crippen molar-refractivity contribution in [2.24, 2.45) is 0 Å². The normalized spacial score (nSPS) is 19.5. The molecular weight excluding hydrogens is 278 g/mol. The molecule has 0 saturated heterocycles. The van der Waals surface area contributed by atoms with Crippen LogP contribution in [0.15, 0.2) is 59.8 Å². The number of carbonyl (C=O) groups excluding carboxylic acids is 1. The van der Waals surface area contributed by atoms with Crippen molar-refractivity contribution in [2.75, 3.05) is 17.2 Å². The summed E-state index contributed by atoms with van der Waals surface area (Å²) in [7, 11) is 0. The van der Waals surface area contributed by atoms with Crippen molar-refractivity contribution in [3.8, 4) is 5.75 Å². The Hall–Kier alpha value is -2.95. The molecule has 2 aliphatic heterocycles. The van der Waals surface area contributed by atoms with Crippen LogP contribution < -0.4 is 16.0 Å². The largest absolute Gasteiger partial charge is 0.508 e. The van der Waals surface area contributed by atoms with E-state index in [0.717, 1.165) is 22.6 Å². The topological polar surface area (TPSA) is 73.4 Å². The number of nitrogens with one attached hydrogen (secondary N) is 3. The molecule has 4 N–H and O–H groups in total. The van der Waals surface area contributed by atoms with Crippen LogP contribution in [0.5, 0.6) is 5.75 Å². The van der Waals surface area contributed by atoms with Gasteiger partial charge in [0.1, 0.15) is 5.75 Å². The Morgan fingerprint density at radius 2 is 1.73 bits per heavy atom. The number of para-hydroxylation sites is 2. The fourth-order valence-corrected chi connectivity index (χ4v) is 2.94. The van der Waals surface area contributed by atoms with Gasteiger partial charge in [0.25, 0.3) is 5.91 Å². The number of phenolic OH excluding ortho intramolecular Hbond substituents is 1. The zero-order valence-corrected chi connectivity index (χ0v) is 11.8. The van der Waals surface area contributed by atoms with Crippen LogP contribution >= 0.6 is 0 Å². The Morgan fingerprint density at radius 1 is 1.00 bits per heavy atom. The van der Waals surface area contributed by atoms with Crippen LogP contribution in [-0.2, 0) is 4.79 Å². The maximum atomic E-state index is 12.3. The molecule has 1 amide bonds. The van der Waals surface area contributed by atoms with Crippen molar-refractivity contribution in [1.29, 1.82) is 0 Å². The Kier molecular flexibility index (Phi) is 2.79. The first-order chi connectivity index (χ1) is 10.7. The minimum atomic E-state index is -0.255. The van der Waals surface area contributed by atoms with Gasteiger partial charge in [0.2, 0.25) is 0 Å². The van der Waals surface area contributed by atoms with Gasteiger partial charge in [0, 0.05) is 5.70 Å². The summed E-state index contributed by atoms with van der Waals surface area (Å²) in [6.07, 6.45) is 0. The van der Waals surface area contributed by atoms with Gasteiger partial charge in [-0.25, -0.2) is 0 Å².